The molecule has 2 atom stereocenters. The highest BCUT2D eigenvalue weighted by Gasteiger charge is 2.52. The number of carbonyl (C=O) groups is 1. The van der Waals surface area contributed by atoms with Crippen LogP contribution < -0.4 is 0 Å². The summed E-state index contributed by atoms with van der Waals surface area (Å²) < 4.78 is 39.4. The van der Waals surface area contributed by atoms with Gasteiger partial charge in [0.15, 0.2) is 21.3 Å². The summed E-state index contributed by atoms with van der Waals surface area (Å²) >= 11 is 12.0. The summed E-state index contributed by atoms with van der Waals surface area (Å²) in [4.78, 5) is 16.9. The van der Waals surface area contributed by atoms with Crippen molar-refractivity contribution in [3.63, 3.8) is 0 Å². The molecule has 1 aromatic heterocycles. The third-order valence-corrected chi connectivity index (χ3v) is 6.73. The van der Waals surface area contributed by atoms with Gasteiger partial charge in [0.2, 0.25) is 0 Å². The van der Waals surface area contributed by atoms with Crippen LogP contribution in [-0.2, 0) is 32.3 Å². The number of halogens is 3. The Bertz CT molecular complexity index is 1060. The standard InChI is InChI=1S/C20H20Cl2FNO4S/c1-29(27,28)12-19(26)8-9-20(23,15-3-2-10-24-18(15)19)17(25)7-5-13-4-6-14(21)11-16(13)22/h2-4,6,10-11,26H,5,7-9,12H2,1H3/t19-,20+/m1/s1. The van der Waals surface area contributed by atoms with Crippen LogP contribution >= 0.6 is 23.2 Å². The zero-order chi connectivity index (χ0) is 21.4. The predicted octanol–water partition coefficient (Wildman–Crippen LogP) is 3.78. The molecule has 29 heavy (non-hydrogen) atoms. The number of pyridine rings is 1. The zero-order valence-electron chi connectivity index (χ0n) is 15.7. The lowest BCUT2D eigenvalue weighted by Crippen LogP contribution is -2.46. The molecule has 1 heterocycles. The first-order chi connectivity index (χ1) is 13.4. The number of rotatable bonds is 6. The number of aryl methyl sites for hydroxylation is 1. The van der Waals surface area contributed by atoms with Gasteiger partial charge in [0.1, 0.15) is 5.60 Å². The molecule has 0 saturated heterocycles. The molecule has 0 radical (unpaired) electrons. The highest BCUT2D eigenvalue weighted by molar-refractivity contribution is 7.90. The van der Waals surface area contributed by atoms with Gasteiger partial charge in [-0.05, 0) is 43.0 Å². The predicted molar refractivity (Wildman–Crippen MR) is 110 cm³/mol. The minimum atomic E-state index is -3.56. The average Bonchev–Trinajstić information content (AvgIpc) is 2.63. The first-order valence-corrected chi connectivity index (χ1v) is 11.8. The number of aliphatic hydroxyl groups is 1. The first-order valence-electron chi connectivity index (χ1n) is 8.97. The lowest BCUT2D eigenvalue weighted by molar-refractivity contribution is -0.134. The molecule has 0 unspecified atom stereocenters. The molecular formula is C20H20Cl2FNO4S. The Morgan fingerprint density at radius 1 is 1.28 bits per heavy atom. The summed E-state index contributed by atoms with van der Waals surface area (Å²) in [5.74, 6) is -1.26. The fourth-order valence-corrected chi connectivity index (χ4v) is 5.41. The number of aromatic nitrogens is 1. The van der Waals surface area contributed by atoms with Crippen LogP contribution in [0.15, 0.2) is 36.5 Å². The van der Waals surface area contributed by atoms with Gasteiger partial charge in [0.05, 0.1) is 11.4 Å². The minimum Gasteiger partial charge on any atom is -0.382 e. The monoisotopic (exact) mass is 459 g/mol. The minimum absolute atomic E-state index is 0.0791. The van der Waals surface area contributed by atoms with Crippen molar-refractivity contribution in [2.45, 2.75) is 37.0 Å². The lowest BCUT2D eigenvalue weighted by Gasteiger charge is -2.39. The van der Waals surface area contributed by atoms with Gasteiger partial charge >= 0.3 is 0 Å². The Morgan fingerprint density at radius 3 is 2.66 bits per heavy atom. The van der Waals surface area contributed by atoms with Crippen LogP contribution in [0.4, 0.5) is 4.39 Å². The zero-order valence-corrected chi connectivity index (χ0v) is 18.0. The van der Waals surface area contributed by atoms with Crippen LogP contribution in [0.5, 0.6) is 0 Å². The van der Waals surface area contributed by atoms with E-state index in [2.05, 4.69) is 4.98 Å². The molecule has 0 saturated carbocycles. The molecule has 0 amide bonds. The molecule has 1 N–H and O–H groups in total. The molecule has 1 aromatic carbocycles. The van der Waals surface area contributed by atoms with E-state index in [9.17, 15) is 18.3 Å². The summed E-state index contributed by atoms with van der Waals surface area (Å²) in [7, 11) is -3.56. The van der Waals surface area contributed by atoms with Gasteiger partial charge in [-0.3, -0.25) is 9.78 Å². The fraction of sp³-hybridized carbons (Fsp3) is 0.400. The molecule has 1 aliphatic rings. The van der Waals surface area contributed by atoms with E-state index in [1.165, 1.54) is 18.3 Å². The van der Waals surface area contributed by atoms with Gasteiger partial charge in [-0.15, -0.1) is 0 Å². The second kappa shape index (κ2) is 7.95. The molecule has 1 aliphatic carbocycles. The molecule has 9 heteroatoms. The number of benzene rings is 1. The maximum atomic E-state index is 15.9. The largest absolute Gasteiger partial charge is 0.382 e. The van der Waals surface area contributed by atoms with Crippen molar-refractivity contribution >= 4 is 38.8 Å². The number of Topliss-reactive ketones (excluding diaryl/α,β-unsaturated/α-hetero) is 1. The highest BCUT2D eigenvalue weighted by atomic mass is 35.5. The van der Waals surface area contributed by atoms with Crippen molar-refractivity contribution in [3.05, 3.63) is 63.4 Å². The molecule has 0 spiro atoms. The molecule has 0 bridgehead atoms. The number of nitrogens with zero attached hydrogens (tertiary/aromatic N) is 1. The Morgan fingerprint density at radius 2 is 2.00 bits per heavy atom. The highest BCUT2D eigenvalue weighted by Crippen LogP contribution is 2.46. The van der Waals surface area contributed by atoms with Crippen LogP contribution in [-0.4, -0.2) is 36.3 Å². The Hall–Kier alpha value is -1.54. The van der Waals surface area contributed by atoms with Crippen molar-refractivity contribution in [1.82, 2.24) is 4.98 Å². The van der Waals surface area contributed by atoms with Crippen LogP contribution in [0, 0.1) is 0 Å². The van der Waals surface area contributed by atoms with Crippen molar-refractivity contribution in [2.24, 2.45) is 0 Å². The number of hydrogen-bond acceptors (Lipinski definition) is 5. The second-order valence-corrected chi connectivity index (χ2v) is 10.4. The second-order valence-electron chi connectivity index (χ2n) is 7.46. The fourth-order valence-electron chi connectivity index (χ4n) is 3.76. The van der Waals surface area contributed by atoms with Gasteiger partial charge in [-0.1, -0.05) is 35.3 Å². The van der Waals surface area contributed by atoms with Crippen LogP contribution in [0.3, 0.4) is 0 Å². The molecule has 5 nitrogen and oxygen atoms in total. The SMILES string of the molecule is CS(=O)(=O)C[C@]1(O)CC[C@@](F)(C(=O)CCc2ccc(Cl)cc2Cl)c2cccnc21. The first kappa shape index (κ1) is 22.2. The van der Waals surface area contributed by atoms with Crippen molar-refractivity contribution in [2.75, 3.05) is 12.0 Å². The van der Waals surface area contributed by atoms with E-state index in [0.717, 1.165) is 6.26 Å². The molecule has 0 aliphatic heterocycles. The number of carbonyl (C=O) groups excluding carboxylic acids is 1. The smallest absolute Gasteiger partial charge is 0.195 e. The maximum Gasteiger partial charge on any atom is 0.195 e. The summed E-state index contributed by atoms with van der Waals surface area (Å²) in [5.41, 5.74) is -3.70. The summed E-state index contributed by atoms with van der Waals surface area (Å²) in [6.07, 6.45) is 1.89. The van der Waals surface area contributed by atoms with Crippen molar-refractivity contribution in [3.8, 4) is 0 Å². The average molecular weight is 460 g/mol. The molecule has 156 valence electrons. The summed E-state index contributed by atoms with van der Waals surface area (Å²) in [6.45, 7) is 0. The lowest BCUT2D eigenvalue weighted by atomic mass is 9.73. The van der Waals surface area contributed by atoms with Crippen LogP contribution in [0.2, 0.25) is 10.0 Å². The quantitative estimate of drug-likeness (QED) is 0.710. The van der Waals surface area contributed by atoms with Crippen molar-refractivity contribution in [1.29, 1.82) is 0 Å². The number of fused-ring (bicyclic) bond motifs is 1. The Labute approximate surface area is 178 Å². The van der Waals surface area contributed by atoms with Gasteiger partial charge in [0, 0.05) is 34.5 Å². The number of sulfone groups is 1. The van der Waals surface area contributed by atoms with E-state index >= 15 is 4.39 Å². The number of alkyl halides is 1. The molecule has 0 fully saturated rings. The number of ketones is 1. The van der Waals surface area contributed by atoms with E-state index in [0.29, 0.717) is 15.6 Å². The maximum absolute atomic E-state index is 15.9. The van der Waals surface area contributed by atoms with Gasteiger partial charge < -0.3 is 5.11 Å². The van der Waals surface area contributed by atoms with E-state index in [1.54, 1.807) is 18.2 Å². The Kier molecular flexibility index (Phi) is 6.07. The molecular weight excluding hydrogens is 440 g/mol. The normalized spacial score (nSPS) is 24.2. The van der Waals surface area contributed by atoms with Gasteiger partial charge in [0.25, 0.3) is 0 Å². The topological polar surface area (TPSA) is 84.3 Å². The van der Waals surface area contributed by atoms with E-state index in [-0.39, 0.29) is 36.9 Å². The van der Waals surface area contributed by atoms with Crippen LogP contribution in [0.1, 0.15) is 36.1 Å². The molecule has 3 rings (SSSR count). The number of hydrogen-bond donors (Lipinski definition) is 1. The van der Waals surface area contributed by atoms with E-state index in [1.807, 2.05) is 0 Å². The van der Waals surface area contributed by atoms with E-state index in [4.69, 9.17) is 23.2 Å². The third kappa shape index (κ3) is 4.63. The molecule has 2 aromatic rings. The summed E-state index contributed by atoms with van der Waals surface area (Å²) in [6, 6.07) is 7.72. The van der Waals surface area contributed by atoms with Crippen molar-refractivity contribution < 1.29 is 22.7 Å². The van der Waals surface area contributed by atoms with E-state index < -0.39 is 32.6 Å². The third-order valence-electron chi connectivity index (χ3n) is 5.14. The van der Waals surface area contributed by atoms with Crippen LogP contribution in [0.25, 0.3) is 0 Å². The summed E-state index contributed by atoms with van der Waals surface area (Å²) in [5, 5.41) is 11.8. The Balaban J connectivity index is 1.89. The van der Waals surface area contributed by atoms with Gasteiger partial charge in [-0.25, -0.2) is 12.8 Å². The van der Waals surface area contributed by atoms with Gasteiger partial charge in [-0.2, -0.15) is 0 Å².